The summed E-state index contributed by atoms with van der Waals surface area (Å²) in [5, 5.41) is 6.56. The van der Waals surface area contributed by atoms with Crippen molar-refractivity contribution in [3.63, 3.8) is 0 Å². The summed E-state index contributed by atoms with van der Waals surface area (Å²) >= 11 is 0. The molecule has 0 atom stereocenters. The molecule has 0 bridgehead atoms. The highest BCUT2D eigenvalue weighted by atomic mass is 127. The van der Waals surface area contributed by atoms with Crippen LogP contribution in [0.25, 0.3) is 0 Å². The fraction of sp³-hybridized carbons (Fsp3) is 0.875. The molecule has 6 nitrogen and oxygen atoms in total. The number of nitrogens with zero attached hydrogens (tertiary/aromatic N) is 2. The van der Waals surface area contributed by atoms with Gasteiger partial charge in [0.15, 0.2) is 5.96 Å². The smallest absolute Gasteiger partial charge is 0.410 e. The van der Waals surface area contributed by atoms with Crippen molar-refractivity contribution in [1.82, 2.24) is 15.5 Å². The standard InChI is InChI=1S/C16H32N4O2.HI/c1-6-10-20(15(21)22-16(2,3)4)11-9-18-14(17-5)19-12-13-7-8-13;/h13H,6-12H2,1-5H3,(H2,17,18,19);1H. The number of carbonyl (C=O) groups excluding carboxylic acids is 1. The summed E-state index contributed by atoms with van der Waals surface area (Å²) in [4.78, 5) is 18.1. The van der Waals surface area contributed by atoms with Crippen LogP contribution in [0.1, 0.15) is 47.0 Å². The predicted octanol–water partition coefficient (Wildman–Crippen LogP) is 2.83. The van der Waals surface area contributed by atoms with Crippen molar-refractivity contribution in [3.05, 3.63) is 0 Å². The molecule has 1 aliphatic rings. The Labute approximate surface area is 157 Å². The van der Waals surface area contributed by atoms with E-state index in [4.69, 9.17) is 4.74 Å². The molecule has 7 heteroatoms. The number of carbonyl (C=O) groups is 1. The molecule has 0 heterocycles. The van der Waals surface area contributed by atoms with Crippen LogP contribution < -0.4 is 10.6 Å². The number of hydrogen-bond acceptors (Lipinski definition) is 3. The molecule has 1 saturated carbocycles. The van der Waals surface area contributed by atoms with Gasteiger partial charge < -0.3 is 20.3 Å². The van der Waals surface area contributed by atoms with E-state index in [0.29, 0.717) is 19.6 Å². The molecule has 0 aromatic rings. The summed E-state index contributed by atoms with van der Waals surface area (Å²) in [6, 6.07) is 0. The van der Waals surface area contributed by atoms with Gasteiger partial charge in [0.25, 0.3) is 0 Å². The molecule has 0 unspecified atom stereocenters. The number of nitrogens with one attached hydrogen (secondary N) is 2. The first kappa shape index (κ1) is 22.3. The van der Waals surface area contributed by atoms with Crippen LogP contribution in [0.15, 0.2) is 4.99 Å². The van der Waals surface area contributed by atoms with Gasteiger partial charge >= 0.3 is 6.09 Å². The molecule has 0 aromatic heterocycles. The van der Waals surface area contributed by atoms with Gasteiger partial charge in [-0.2, -0.15) is 0 Å². The molecule has 2 N–H and O–H groups in total. The first-order valence-electron chi connectivity index (χ1n) is 8.28. The molecule has 1 rings (SSSR count). The molecule has 0 aromatic carbocycles. The summed E-state index contributed by atoms with van der Waals surface area (Å²) in [6.07, 6.45) is 3.28. The Morgan fingerprint density at radius 3 is 2.39 bits per heavy atom. The van der Waals surface area contributed by atoms with E-state index in [9.17, 15) is 4.79 Å². The van der Waals surface area contributed by atoms with E-state index in [2.05, 4.69) is 22.5 Å². The van der Waals surface area contributed by atoms with E-state index >= 15 is 0 Å². The Balaban J connectivity index is 0.00000484. The number of amides is 1. The fourth-order valence-corrected chi connectivity index (χ4v) is 1.98. The zero-order chi connectivity index (χ0) is 16.6. The lowest BCUT2D eigenvalue weighted by Crippen LogP contribution is -2.45. The van der Waals surface area contributed by atoms with Crippen LogP contribution in [0, 0.1) is 5.92 Å². The number of aliphatic imine (C=N–C) groups is 1. The number of hydrogen-bond donors (Lipinski definition) is 2. The Morgan fingerprint density at radius 2 is 1.91 bits per heavy atom. The van der Waals surface area contributed by atoms with Gasteiger partial charge in [-0.25, -0.2) is 4.79 Å². The summed E-state index contributed by atoms with van der Waals surface area (Å²) in [7, 11) is 1.76. The minimum Gasteiger partial charge on any atom is -0.444 e. The lowest BCUT2D eigenvalue weighted by molar-refractivity contribution is 0.0253. The Kier molecular flexibility index (Phi) is 10.6. The molecular weight excluding hydrogens is 407 g/mol. The Hall–Kier alpha value is -0.730. The molecule has 0 spiro atoms. The third kappa shape index (κ3) is 10.6. The molecule has 0 saturated heterocycles. The van der Waals surface area contributed by atoms with Gasteiger partial charge in [0.05, 0.1) is 0 Å². The van der Waals surface area contributed by atoms with Crippen LogP contribution >= 0.6 is 24.0 Å². The van der Waals surface area contributed by atoms with Crippen LogP contribution in [0.2, 0.25) is 0 Å². The van der Waals surface area contributed by atoms with Gasteiger partial charge in [0, 0.05) is 33.2 Å². The van der Waals surface area contributed by atoms with E-state index in [0.717, 1.165) is 24.8 Å². The quantitative estimate of drug-likeness (QED) is 0.363. The normalized spacial score (nSPS) is 14.7. The molecule has 0 radical (unpaired) electrons. The second-order valence-corrected chi connectivity index (χ2v) is 6.79. The lowest BCUT2D eigenvalue weighted by Gasteiger charge is -2.27. The molecule has 1 fully saturated rings. The van der Waals surface area contributed by atoms with E-state index < -0.39 is 5.60 Å². The minimum absolute atomic E-state index is 0. The van der Waals surface area contributed by atoms with Gasteiger partial charge in [-0.1, -0.05) is 6.92 Å². The summed E-state index contributed by atoms with van der Waals surface area (Å²) in [6.45, 7) is 10.7. The number of guanidine groups is 1. The number of halogens is 1. The number of ether oxygens (including phenoxy) is 1. The van der Waals surface area contributed by atoms with Crippen LogP contribution in [0.3, 0.4) is 0 Å². The largest absolute Gasteiger partial charge is 0.444 e. The zero-order valence-corrected chi connectivity index (χ0v) is 17.5. The second-order valence-electron chi connectivity index (χ2n) is 6.79. The van der Waals surface area contributed by atoms with E-state index in [-0.39, 0.29) is 30.1 Å². The van der Waals surface area contributed by atoms with Gasteiger partial charge in [-0.3, -0.25) is 4.99 Å². The average Bonchev–Trinajstić information content (AvgIpc) is 3.23. The Morgan fingerprint density at radius 1 is 1.26 bits per heavy atom. The monoisotopic (exact) mass is 440 g/mol. The third-order valence-corrected chi connectivity index (χ3v) is 3.30. The van der Waals surface area contributed by atoms with Crippen molar-refractivity contribution in [1.29, 1.82) is 0 Å². The maximum Gasteiger partial charge on any atom is 0.410 e. The maximum atomic E-state index is 12.1. The maximum absolute atomic E-state index is 12.1. The van der Waals surface area contributed by atoms with Gasteiger partial charge in [-0.15, -0.1) is 24.0 Å². The van der Waals surface area contributed by atoms with Crippen molar-refractivity contribution in [2.75, 3.05) is 33.2 Å². The van der Waals surface area contributed by atoms with Gasteiger partial charge in [-0.05, 0) is 46.0 Å². The average molecular weight is 440 g/mol. The number of rotatable bonds is 7. The summed E-state index contributed by atoms with van der Waals surface area (Å²) < 4.78 is 5.44. The van der Waals surface area contributed by atoms with Crippen LogP contribution in [-0.2, 0) is 4.74 Å². The highest BCUT2D eigenvalue weighted by Crippen LogP contribution is 2.27. The van der Waals surface area contributed by atoms with E-state index in [1.54, 1.807) is 11.9 Å². The highest BCUT2D eigenvalue weighted by molar-refractivity contribution is 14.0. The minimum atomic E-state index is -0.460. The van der Waals surface area contributed by atoms with Crippen molar-refractivity contribution in [3.8, 4) is 0 Å². The topological polar surface area (TPSA) is 66.0 Å². The SMILES string of the molecule is CCCN(CCNC(=NC)NCC1CC1)C(=O)OC(C)(C)C.I. The summed E-state index contributed by atoms with van der Waals surface area (Å²) in [5.41, 5.74) is -0.460. The van der Waals surface area contributed by atoms with Gasteiger partial charge in [0.2, 0.25) is 0 Å². The molecule has 0 aliphatic heterocycles. The highest BCUT2D eigenvalue weighted by Gasteiger charge is 2.22. The molecular formula is C16H33IN4O2. The zero-order valence-electron chi connectivity index (χ0n) is 15.1. The first-order valence-corrected chi connectivity index (χ1v) is 8.28. The van der Waals surface area contributed by atoms with E-state index in [1.165, 1.54) is 12.8 Å². The summed E-state index contributed by atoms with van der Waals surface area (Å²) in [5.74, 6) is 1.60. The van der Waals surface area contributed by atoms with Gasteiger partial charge in [0.1, 0.15) is 5.60 Å². The van der Waals surface area contributed by atoms with Crippen molar-refractivity contribution in [2.24, 2.45) is 10.9 Å². The lowest BCUT2D eigenvalue weighted by atomic mass is 10.2. The molecule has 1 aliphatic carbocycles. The molecule has 23 heavy (non-hydrogen) atoms. The first-order chi connectivity index (χ1) is 10.4. The van der Waals surface area contributed by atoms with Crippen molar-refractivity contribution in [2.45, 2.75) is 52.6 Å². The van der Waals surface area contributed by atoms with Crippen LogP contribution in [-0.4, -0.2) is 55.8 Å². The molecule has 1 amide bonds. The van der Waals surface area contributed by atoms with Crippen molar-refractivity contribution >= 4 is 36.0 Å². The van der Waals surface area contributed by atoms with Crippen molar-refractivity contribution < 1.29 is 9.53 Å². The third-order valence-electron chi connectivity index (χ3n) is 3.30. The van der Waals surface area contributed by atoms with Crippen LogP contribution in [0.4, 0.5) is 4.79 Å². The predicted molar refractivity (Wildman–Crippen MR) is 106 cm³/mol. The Bertz CT molecular complexity index is 379. The van der Waals surface area contributed by atoms with Crippen LogP contribution in [0.5, 0.6) is 0 Å². The molecule has 136 valence electrons. The van der Waals surface area contributed by atoms with E-state index in [1.807, 2.05) is 20.8 Å². The second kappa shape index (κ2) is 10.9. The fourth-order valence-electron chi connectivity index (χ4n) is 1.98.